The van der Waals surface area contributed by atoms with Crippen LogP contribution in [0, 0.1) is 13.8 Å². The molecule has 0 saturated heterocycles. The highest BCUT2D eigenvalue weighted by Gasteiger charge is 2.21. The maximum Gasteiger partial charge on any atom is 0.313 e. The lowest BCUT2D eigenvalue weighted by Crippen LogP contribution is -2.24. The second-order valence-electron chi connectivity index (χ2n) is 5.85. The van der Waals surface area contributed by atoms with E-state index in [0.29, 0.717) is 6.42 Å². The highest BCUT2D eigenvalue weighted by molar-refractivity contribution is 5.93. The smallest absolute Gasteiger partial charge is 0.313 e. The molecule has 0 saturated carbocycles. The van der Waals surface area contributed by atoms with Crippen LogP contribution in [-0.2, 0) is 14.3 Å². The molecular weight excluding hydrogens is 302 g/mol. The van der Waals surface area contributed by atoms with Crippen LogP contribution >= 0.6 is 0 Å². The number of amides is 1. The van der Waals surface area contributed by atoms with Crippen molar-refractivity contribution >= 4 is 17.6 Å². The zero-order valence-corrected chi connectivity index (χ0v) is 14.3. The van der Waals surface area contributed by atoms with Gasteiger partial charge in [0.1, 0.15) is 0 Å². The molecule has 0 aliphatic rings. The van der Waals surface area contributed by atoms with Crippen LogP contribution in [0.4, 0.5) is 5.69 Å². The van der Waals surface area contributed by atoms with Crippen LogP contribution < -0.4 is 5.32 Å². The van der Waals surface area contributed by atoms with Gasteiger partial charge in [-0.2, -0.15) is 0 Å². The number of hydrogen-bond acceptors (Lipinski definition) is 3. The number of aryl methyl sites for hydroxylation is 2. The fourth-order valence-electron chi connectivity index (χ4n) is 2.60. The van der Waals surface area contributed by atoms with Gasteiger partial charge in [0.25, 0.3) is 5.91 Å². The van der Waals surface area contributed by atoms with Crippen molar-refractivity contribution in [2.75, 3.05) is 11.9 Å². The Balaban J connectivity index is 1.92. The first kappa shape index (κ1) is 17.7. The zero-order valence-electron chi connectivity index (χ0n) is 14.3. The minimum absolute atomic E-state index is 0.282. The standard InChI is InChI=1S/C20H23NO3/c1-4-17(16-8-6-5-7-9-16)20(23)24-13-19(22)21-18-11-10-14(2)12-15(18)3/h5-12,17H,4,13H2,1-3H3,(H,21,22). The van der Waals surface area contributed by atoms with E-state index < -0.39 is 0 Å². The van der Waals surface area contributed by atoms with E-state index in [4.69, 9.17) is 4.74 Å². The second-order valence-corrected chi connectivity index (χ2v) is 5.85. The molecule has 0 radical (unpaired) electrons. The van der Waals surface area contributed by atoms with Crippen molar-refractivity contribution in [3.05, 3.63) is 65.2 Å². The number of ether oxygens (including phenoxy) is 1. The maximum atomic E-state index is 12.2. The predicted molar refractivity (Wildman–Crippen MR) is 95.0 cm³/mol. The van der Waals surface area contributed by atoms with E-state index in [2.05, 4.69) is 5.32 Å². The minimum atomic E-state index is -0.375. The molecule has 4 heteroatoms. The molecule has 4 nitrogen and oxygen atoms in total. The van der Waals surface area contributed by atoms with Crippen molar-refractivity contribution in [1.29, 1.82) is 0 Å². The molecule has 0 aliphatic heterocycles. The van der Waals surface area contributed by atoms with Gasteiger partial charge in [0.05, 0.1) is 5.92 Å². The van der Waals surface area contributed by atoms with Gasteiger partial charge in [-0.05, 0) is 37.5 Å². The monoisotopic (exact) mass is 325 g/mol. The molecule has 1 atom stereocenters. The van der Waals surface area contributed by atoms with Crippen LogP contribution in [0.1, 0.15) is 36.0 Å². The van der Waals surface area contributed by atoms with Crippen LogP contribution in [0.2, 0.25) is 0 Å². The third-order valence-electron chi connectivity index (χ3n) is 3.90. The van der Waals surface area contributed by atoms with Crippen LogP contribution in [0.3, 0.4) is 0 Å². The van der Waals surface area contributed by atoms with E-state index >= 15 is 0 Å². The fraction of sp³-hybridized carbons (Fsp3) is 0.300. The molecule has 0 aromatic heterocycles. The SMILES string of the molecule is CCC(C(=O)OCC(=O)Nc1ccc(C)cc1C)c1ccccc1. The Hall–Kier alpha value is -2.62. The van der Waals surface area contributed by atoms with E-state index in [-0.39, 0.29) is 24.4 Å². The lowest BCUT2D eigenvalue weighted by Gasteiger charge is -2.15. The average Bonchev–Trinajstić information content (AvgIpc) is 2.57. The Kier molecular flexibility index (Phi) is 6.13. The van der Waals surface area contributed by atoms with Gasteiger partial charge in [-0.3, -0.25) is 9.59 Å². The van der Waals surface area contributed by atoms with Crippen LogP contribution in [0.5, 0.6) is 0 Å². The maximum absolute atomic E-state index is 12.2. The third kappa shape index (κ3) is 4.69. The predicted octanol–water partition coefficient (Wildman–Crippen LogP) is 3.98. The Morgan fingerprint density at radius 3 is 2.42 bits per heavy atom. The Labute approximate surface area is 142 Å². The van der Waals surface area contributed by atoms with Crippen molar-refractivity contribution in [3.63, 3.8) is 0 Å². The van der Waals surface area contributed by atoms with Gasteiger partial charge >= 0.3 is 5.97 Å². The number of rotatable bonds is 6. The highest BCUT2D eigenvalue weighted by atomic mass is 16.5. The lowest BCUT2D eigenvalue weighted by molar-refractivity contribution is -0.149. The fourth-order valence-corrected chi connectivity index (χ4v) is 2.60. The average molecular weight is 325 g/mol. The molecule has 0 fully saturated rings. The molecule has 0 aliphatic carbocycles. The van der Waals surface area contributed by atoms with Crippen LogP contribution in [0.15, 0.2) is 48.5 Å². The molecule has 1 N–H and O–H groups in total. The third-order valence-corrected chi connectivity index (χ3v) is 3.90. The molecule has 0 spiro atoms. The van der Waals surface area contributed by atoms with Crippen molar-refractivity contribution in [1.82, 2.24) is 0 Å². The van der Waals surface area contributed by atoms with Gasteiger partial charge in [0.15, 0.2) is 6.61 Å². The lowest BCUT2D eigenvalue weighted by atomic mass is 9.97. The summed E-state index contributed by atoms with van der Waals surface area (Å²) < 4.78 is 5.20. The number of hydrogen-bond donors (Lipinski definition) is 1. The van der Waals surface area contributed by atoms with E-state index in [0.717, 1.165) is 22.4 Å². The first-order valence-corrected chi connectivity index (χ1v) is 8.10. The van der Waals surface area contributed by atoms with Crippen LogP contribution in [0.25, 0.3) is 0 Å². The Morgan fingerprint density at radius 2 is 1.79 bits per heavy atom. The molecule has 2 aromatic carbocycles. The Morgan fingerprint density at radius 1 is 1.08 bits per heavy atom. The molecule has 2 aromatic rings. The first-order valence-electron chi connectivity index (χ1n) is 8.10. The summed E-state index contributed by atoms with van der Waals surface area (Å²) in [6.45, 7) is 5.57. The molecule has 24 heavy (non-hydrogen) atoms. The normalized spacial score (nSPS) is 11.6. The summed E-state index contributed by atoms with van der Waals surface area (Å²) in [7, 11) is 0. The van der Waals surface area contributed by atoms with Crippen molar-refractivity contribution in [3.8, 4) is 0 Å². The van der Waals surface area contributed by atoms with E-state index in [1.54, 1.807) is 0 Å². The van der Waals surface area contributed by atoms with Crippen molar-refractivity contribution in [2.24, 2.45) is 0 Å². The molecule has 0 bridgehead atoms. The summed E-state index contributed by atoms with van der Waals surface area (Å²) in [5.41, 5.74) is 3.74. The van der Waals surface area contributed by atoms with E-state index in [1.165, 1.54) is 0 Å². The second kappa shape index (κ2) is 8.29. The van der Waals surface area contributed by atoms with Gasteiger partial charge in [-0.1, -0.05) is 55.0 Å². The molecule has 2 rings (SSSR count). The molecular formula is C20H23NO3. The number of carbonyl (C=O) groups excluding carboxylic acids is 2. The van der Waals surface area contributed by atoms with Gasteiger partial charge < -0.3 is 10.1 Å². The van der Waals surface area contributed by atoms with E-state index in [1.807, 2.05) is 69.3 Å². The van der Waals surface area contributed by atoms with Gasteiger partial charge in [0.2, 0.25) is 0 Å². The zero-order chi connectivity index (χ0) is 17.5. The van der Waals surface area contributed by atoms with E-state index in [9.17, 15) is 9.59 Å². The number of benzene rings is 2. The number of esters is 1. The van der Waals surface area contributed by atoms with Gasteiger partial charge in [-0.15, -0.1) is 0 Å². The number of carbonyl (C=O) groups is 2. The topological polar surface area (TPSA) is 55.4 Å². The van der Waals surface area contributed by atoms with Gasteiger partial charge in [-0.25, -0.2) is 0 Å². The molecule has 1 amide bonds. The largest absolute Gasteiger partial charge is 0.455 e. The highest BCUT2D eigenvalue weighted by Crippen LogP contribution is 2.21. The number of anilines is 1. The number of nitrogens with one attached hydrogen (secondary N) is 1. The minimum Gasteiger partial charge on any atom is -0.455 e. The quantitative estimate of drug-likeness (QED) is 0.817. The van der Waals surface area contributed by atoms with Crippen LogP contribution in [-0.4, -0.2) is 18.5 Å². The molecule has 1 unspecified atom stereocenters. The summed E-state index contributed by atoms with van der Waals surface area (Å²) in [5.74, 6) is -1.06. The summed E-state index contributed by atoms with van der Waals surface area (Å²) in [5, 5.41) is 2.77. The first-order chi connectivity index (χ1) is 11.5. The van der Waals surface area contributed by atoms with Crippen molar-refractivity contribution < 1.29 is 14.3 Å². The summed E-state index contributed by atoms with van der Waals surface area (Å²) in [6, 6.07) is 15.2. The summed E-state index contributed by atoms with van der Waals surface area (Å²) >= 11 is 0. The molecule has 126 valence electrons. The Bertz CT molecular complexity index is 710. The summed E-state index contributed by atoms with van der Waals surface area (Å²) in [6.07, 6.45) is 0.627. The molecule has 0 heterocycles. The van der Waals surface area contributed by atoms with Crippen molar-refractivity contribution in [2.45, 2.75) is 33.1 Å². The summed E-state index contributed by atoms with van der Waals surface area (Å²) in [4.78, 5) is 24.3. The van der Waals surface area contributed by atoms with Gasteiger partial charge in [0, 0.05) is 5.69 Å².